The molecule has 0 aliphatic heterocycles. The average Bonchev–Trinajstić information content (AvgIpc) is 2.19. The lowest BCUT2D eigenvalue weighted by Gasteiger charge is -2.00. The number of carbonyl (C=O) groups is 2. The second kappa shape index (κ2) is 4.90. The minimum atomic E-state index is -0.704. The summed E-state index contributed by atoms with van der Waals surface area (Å²) in [5.74, 6) is -1.59. The molecule has 1 aromatic rings. The molecule has 0 saturated carbocycles. The van der Waals surface area contributed by atoms with Crippen LogP contribution in [0.5, 0.6) is 0 Å². The van der Waals surface area contributed by atoms with Crippen LogP contribution < -0.4 is 11.1 Å². The highest BCUT2D eigenvalue weighted by molar-refractivity contribution is 6.03. The van der Waals surface area contributed by atoms with Gasteiger partial charge in [0.2, 0.25) is 11.8 Å². The molecule has 15 heavy (non-hydrogen) atoms. The third-order valence-electron chi connectivity index (χ3n) is 1.51. The number of hydrogen-bond acceptors (Lipinski definition) is 2. The Labute approximate surface area is 85.6 Å². The lowest BCUT2D eigenvalue weighted by atomic mass is 10.3. The third-order valence-corrected chi connectivity index (χ3v) is 1.51. The number of nitrogens with two attached hydrogens (primary N) is 1. The molecule has 4 nitrogen and oxygen atoms in total. The standard InChI is InChI=1S/C10H9FN2O2/c11-7-1-3-8(4-2-7)13-10(15)6-5-9(12)14/h1-6H,(H2,12,14)(H,13,15)/b6-5-. The lowest BCUT2D eigenvalue weighted by Crippen LogP contribution is -2.11. The molecule has 1 aromatic carbocycles. The number of rotatable bonds is 3. The van der Waals surface area contributed by atoms with E-state index in [-0.39, 0.29) is 5.82 Å². The molecular formula is C10H9FN2O2. The second-order valence-corrected chi connectivity index (χ2v) is 2.73. The smallest absolute Gasteiger partial charge is 0.248 e. The minimum absolute atomic E-state index is 0.388. The first-order valence-electron chi connectivity index (χ1n) is 4.12. The van der Waals surface area contributed by atoms with E-state index in [0.717, 1.165) is 12.2 Å². The van der Waals surface area contributed by atoms with Gasteiger partial charge in [0.1, 0.15) is 5.82 Å². The first-order valence-corrected chi connectivity index (χ1v) is 4.12. The zero-order chi connectivity index (χ0) is 11.3. The summed E-state index contributed by atoms with van der Waals surface area (Å²) in [6.07, 6.45) is 1.95. The molecule has 0 atom stereocenters. The van der Waals surface area contributed by atoms with E-state index in [4.69, 9.17) is 5.73 Å². The molecule has 0 spiro atoms. The number of anilines is 1. The van der Waals surface area contributed by atoms with Crippen molar-refractivity contribution in [1.82, 2.24) is 0 Å². The predicted octanol–water partition coefficient (Wildman–Crippen LogP) is 0.806. The Morgan fingerprint density at radius 3 is 2.33 bits per heavy atom. The summed E-state index contributed by atoms with van der Waals surface area (Å²) in [6.45, 7) is 0. The maximum Gasteiger partial charge on any atom is 0.248 e. The average molecular weight is 208 g/mol. The van der Waals surface area contributed by atoms with Gasteiger partial charge < -0.3 is 11.1 Å². The Balaban J connectivity index is 2.59. The molecule has 5 heteroatoms. The molecule has 0 aromatic heterocycles. The maximum absolute atomic E-state index is 12.5. The second-order valence-electron chi connectivity index (χ2n) is 2.73. The fourth-order valence-electron chi connectivity index (χ4n) is 0.875. The van der Waals surface area contributed by atoms with Crippen LogP contribution in [0.15, 0.2) is 36.4 Å². The van der Waals surface area contributed by atoms with Gasteiger partial charge in [-0.3, -0.25) is 9.59 Å². The predicted molar refractivity (Wildman–Crippen MR) is 53.4 cm³/mol. The number of primary amides is 1. The normalized spacial score (nSPS) is 10.2. The van der Waals surface area contributed by atoms with Gasteiger partial charge in [0.15, 0.2) is 0 Å². The molecule has 0 fully saturated rings. The van der Waals surface area contributed by atoms with Crippen molar-refractivity contribution >= 4 is 17.5 Å². The fourth-order valence-corrected chi connectivity index (χ4v) is 0.875. The van der Waals surface area contributed by atoms with Crippen LogP contribution in [-0.2, 0) is 9.59 Å². The van der Waals surface area contributed by atoms with Gasteiger partial charge in [-0.25, -0.2) is 4.39 Å². The summed E-state index contributed by atoms with van der Waals surface area (Å²) < 4.78 is 12.5. The van der Waals surface area contributed by atoms with Gasteiger partial charge in [-0.1, -0.05) is 0 Å². The van der Waals surface area contributed by atoms with Crippen LogP contribution in [0.2, 0.25) is 0 Å². The van der Waals surface area contributed by atoms with Crippen LogP contribution in [0.4, 0.5) is 10.1 Å². The van der Waals surface area contributed by atoms with Crippen molar-refractivity contribution in [2.75, 3.05) is 5.32 Å². The quantitative estimate of drug-likeness (QED) is 0.721. The SMILES string of the molecule is NC(=O)/C=C\C(=O)Nc1ccc(F)cc1. The van der Waals surface area contributed by atoms with E-state index in [1.54, 1.807) is 0 Å². The van der Waals surface area contributed by atoms with Crippen LogP contribution in [0, 0.1) is 5.82 Å². The maximum atomic E-state index is 12.5. The molecule has 0 saturated heterocycles. The number of nitrogens with one attached hydrogen (secondary N) is 1. The van der Waals surface area contributed by atoms with Crippen molar-refractivity contribution in [3.05, 3.63) is 42.2 Å². The first kappa shape index (κ1) is 10.9. The molecule has 0 bridgehead atoms. The van der Waals surface area contributed by atoms with Crippen LogP contribution in [0.1, 0.15) is 0 Å². The van der Waals surface area contributed by atoms with Crippen molar-refractivity contribution in [3.8, 4) is 0 Å². The zero-order valence-corrected chi connectivity index (χ0v) is 7.74. The Bertz CT molecular complexity index is 398. The van der Waals surface area contributed by atoms with Gasteiger partial charge in [0.25, 0.3) is 0 Å². The number of benzene rings is 1. The molecular weight excluding hydrogens is 199 g/mol. The number of halogens is 1. The fraction of sp³-hybridized carbons (Fsp3) is 0. The van der Waals surface area contributed by atoms with Gasteiger partial charge in [-0.2, -0.15) is 0 Å². The molecule has 0 heterocycles. The highest BCUT2D eigenvalue weighted by Crippen LogP contribution is 2.07. The minimum Gasteiger partial charge on any atom is -0.366 e. The summed E-state index contributed by atoms with van der Waals surface area (Å²) in [7, 11) is 0. The molecule has 0 radical (unpaired) electrons. The van der Waals surface area contributed by atoms with E-state index in [1.807, 2.05) is 0 Å². The monoisotopic (exact) mass is 208 g/mol. The summed E-state index contributed by atoms with van der Waals surface area (Å²) in [5, 5.41) is 2.42. The summed E-state index contributed by atoms with van der Waals surface area (Å²) >= 11 is 0. The largest absolute Gasteiger partial charge is 0.366 e. The zero-order valence-electron chi connectivity index (χ0n) is 7.74. The van der Waals surface area contributed by atoms with E-state index in [9.17, 15) is 14.0 Å². The van der Waals surface area contributed by atoms with E-state index in [2.05, 4.69) is 5.32 Å². The van der Waals surface area contributed by atoms with Gasteiger partial charge in [0.05, 0.1) is 0 Å². The van der Waals surface area contributed by atoms with Gasteiger partial charge in [0, 0.05) is 17.8 Å². The molecule has 0 unspecified atom stereocenters. The molecule has 78 valence electrons. The van der Waals surface area contributed by atoms with Crippen LogP contribution in [0.25, 0.3) is 0 Å². The van der Waals surface area contributed by atoms with Crippen molar-refractivity contribution < 1.29 is 14.0 Å². The van der Waals surface area contributed by atoms with Gasteiger partial charge >= 0.3 is 0 Å². The van der Waals surface area contributed by atoms with E-state index in [1.165, 1.54) is 24.3 Å². The number of hydrogen-bond donors (Lipinski definition) is 2. The highest BCUT2D eigenvalue weighted by Gasteiger charge is 1.98. The van der Waals surface area contributed by atoms with Gasteiger partial charge in [-0.05, 0) is 24.3 Å². The lowest BCUT2D eigenvalue weighted by molar-refractivity contribution is -0.115. The van der Waals surface area contributed by atoms with Crippen LogP contribution in [-0.4, -0.2) is 11.8 Å². The molecule has 0 aliphatic rings. The number of carbonyl (C=O) groups excluding carboxylic acids is 2. The van der Waals surface area contributed by atoms with Crippen molar-refractivity contribution in [1.29, 1.82) is 0 Å². The van der Waals surface area contributed by atoms with Crippen molar-refractivity contribution in [2.45, 2.75) is 0 Å². The summed E-state index contributed by atoms with van der Waals surface area (Å²) in [4.78, 5) is 21.4. The topological polar surface area (TPSA) is 72.2 Å². The van der Waals surface area contributed by atoms with Crippen LogP contribution in [0.3, 0.4) is 0 Å². The first-order chi connectivity index (χ1) is 7.08. The van der Waals surface area contributed by atoms with Crippen molar-refractivity contribution in [2.24, 2.45) is 5.73 Å². The molecule has 1 rings (SSSR count). The molecule has 2 amide bonds. The highest BCUT2D eigenvalue weighted by atomic mass is 19.1. The summed E-state index contributed by atoms with van der Waals surface area (Å²) in [6, 6.07) is 5.25. The van der Waals surface area contributed by atoms with Crippen molar-refractivity contribution in [3.63, 3.8) is 0 Å². The molecule has 3 N–H and O–H groups in total. The Kier molecular flexibility index (Phi) is 3.56. The van der Waals surface area contributed by atoms with E-state index < -0.39 is 11.8 Å². The number of amides is 2. The van der Waals surface area contributed by atoms with E-state index in [0.29, 0.717) is 5.69 Å². The third kappa shape index (κ3) is 4.04. The molecule has 0 aliphatic carbocycles. The van der Waals surface area contributed by atoms with E-state index >= 15 is 0 Å². The summed E-state index contributed by atoms with van der Waals surface area (Å²) in [5.41, 5.74) is 5.24. The van der Waals surface area contributed by atoms with Gasteiger partial charge in [-0.15, -0.1) is 0 Å². The Morgan fingerprint density at radius 1 is 1.20 bits per heavy atom. The van der Waals surface area contributed by atoms with Crippen LogP contribution >= 0.6 is 0 Å². The Morgan fingerprint density at radius 2 is 1.80 bits per heavy atom. The Hall–Kier alpha value is -2.17.